The molecule has 2 amide bonds. The molecule has 4 rings (SSSR count). The highest BCUT2D eigenvalue weighted by Crippen LogP contribution is 2.46. The van der Waals surface area contributed by atoms with Crippen molar-refractivity contribution < 1.29 is 19.1 Å². The third-order valence-corrected chi connectivity index (χ3v) is 5.47. The number of hydrogen-bond donors (Lipinski definition) is 2. The van der Waals surface area contributed by atoms with E-state index in [9.17, 15) is 14.4 Å². The molecule has 0 aliphatic heterocycles. The first kappa shape index (κ1) is 21.4. The molecule has 0 bridgehead atoms. The van der Waals surface area contributed by atoms with E-state index >= 15 is 0 Å². The summed E-state index contributed by atoms with van der Waals surface area (Å²) < 4.78 is 12.1. The van der Waals surface area contributed by atoms with Gasteiger partial charge in [0.25, 0.3) is 5.56 Å². The SMILES string of the molecule is CC1(OC(N)=O)CC(C)(OC(=O)Nc2cccc3ncn(Cc4ccccc4)c(=O)c23)C1. The first-order chi connectivity index (χ1) is 15.2. The van der Waals surface area contributed by atoms with Gasteiger partial charge < -0.3 is 15.2 Å². The Morgan fingerprint density at radius 2 is 1.75 bits per heavy atom. The lowest BCUT2D eigenvalue weighted by molar-refractivity contribution is -0.157. The molecule has 32 heavy (non-hydrogen) atoms. The van der Waals surface area contributed by atoms with Gasteiger partial charge in [-0.1, -0.05) is 36.4 Å². The van der Waals surface area contributed by atoms with Gasteiger partial charge in [-0.2, -0.15) is 0 Å². The smallest absolute Gasteiger partial charge is 0.412 e. The van der Waals surface area contributed by atoms with Crippen molar-refractivity contribution in [1.82, 2.24) is 9.55 Å². The van der Waals surface area contributed by atoms with E-state index in [2.05, 4.69) is 10.3 Å². The standard InChI is InChI=1S/C23H24N4O5/c1-22(31-20(24)29)12-23(2,13-22)32-21(30)26-17-10-6-9-16-18(17)19(28)27(14-25-16)11-15-7-4-3-5-8-15/h3-10,14H,11-13H2,1-2H3,(H2,24,29)(H,26,30). The maximum Gasteiger partial charge on any atom is 0.412 e. The second-order valence-electron chi connectivity index (χ2n) is 8.55. The number of nitrogens with two attached hydrogens (primary N) is 1. The van der Waals surface area contributed by atoms with Crippen LogP contribution >= 0.6 is 0 Å². The van der Waals surface area contributed by atoms with Crippen molar-refractivity contribution in [3.63, 3.8) is 0 Å². The van der Waals surface area contributed by atoms with Gasteiger partial charge in [0.05, 0.1) is 29.5 Å². The van der Waals surface area contributed by atoms with E-state index in [-0.39, 0.29) is 5.56 Å². The summed E-state index contributed by atoms with van der Waals surface area (Å²) in [7, 11) is 0. The van der Waals surface area contributed by atoms with Gasteiger partial charge in [-0.15, -0.1) is 0 Å². The predicted octanol–water partition coefficient (Wildman–Crippen LogP) is 3.40. The minimum absolute atomic E-state index is 0.271. The maximum absolute atomic E-state index is 13.1. The number of anilines is 1. The van der Waals surface area contributed by atoms with Crippen LogP contribution in [0.3, 0.4) is 0 Å². The molecule has 1 aliphatic rings. The number of primary amides is 1. The molecule has 1 aliphatic carbocycles. The van der Waals surface area contributed by atoms with Crippen LogP contribution < -0.4 is 16.6 Å². The number of rotatable bonds is 5. The van der Waals surface area contributed by atoms with Crippen molar-refractivity contribution in [2.45, 2.75) is 44.4 Å². The molecule has 0 atom stereocenters. The number of nitrogens with one attached hydrogen (secondary N) is 1. The van der Waals surface area contributed by atoms with Gasteiger partial charge in [-0.25, -0.2) is 14.6 Å². The van der Waals surface area contributed by atoms with Crippen LogP contribution in [0.1, 0.15) is 32.3 Å². The first-order valence-corrected chi connectivity index (χ1v) is 10.2. The van der Waals surface area contributed by atoms with Crippen molar-refractivity contribution in [3.8, 4) is 0 Å². The number of carbonyl (C=O) groups is 2. The van der Waals surface area contributed by atoms with Crippen LogP contribution in [0.2, 0.25) is 0 Å². The molecule has 0 radical (unpaired) electrons. The lowest BCUT2D eigenvalue weighted by Gasteiger charge is -2.50. The Labute approximate surface area is 184 Å². The highest BCUT2D eigenvalue weighted by Gasteiger charge is 2.54. The zero-order valence-electron chi connectivity index (χ0n) is 17.8. The Morgan fingerprint density at radius 3 is 2.44 bits per heavy atom. The van der Waals surface area contributed by atoms with Gasteiger partial charge >= 0.3 is 12.2 Å². The Hall–Kier alpha value is -3.88. The third-order valence-electron chi connectivity index (χ3n) is 5.47. The molecule has 3 aromatic rings. The fourth-order valence-corrected chi connectivity index (χ4v) is 4.47. The summed E-state index contributed by atoms with van der Waals surface area (Å²) in [6.07, 6.45) is 0.552. The van der Waals surface area contributed by atoms with Crippen LogP contribution in [0.15, 0.2) is 59.7 Å². The number of fused-ring (bicyclic) bond motifs is 1. The first-order valence-electron chi connectivity index (χ1n) is 10.2. The summed E-state index contributed by atoms with van der Waals surface area (Å²) >= 11 is 0. The molecule has 1 heterocycles. The van der Waals surface area contributed by atoms with Gasteiger partial charge in [-0.05, 0) is 31.5 Å². The van der Waals surface area contributed by atoms with Crippen molar-refractivity contribution in [2.24, 2.45) is 5.73 Å². The molecule has 2 aromatic carbocycles. The summed E-state index contributed by atoms with van der Waals surface area (Å²) in [4.78, 5) is 41.1. The van der Waals surface area contributed by atoms with E-state index in [1.54, 1.807) is 32.0 Å². The van der Waals surface area contributed by atoms with Crippen molar-refractivity contribution in [3.05, 3.63) is 70.8 Å². The largest absolute Gasteiger partial charge is 0.443 e. The van der Waals surface area contributed by atoms with E-state index in [1.807, 2.05) is 30.3 Å². The van der Waals surface area contributed by atoms with E-state index in [0.29, 0.717) is 36.0 Å². The number of aromatic nitrogens is 2. The average Bonchev–Trinajstić information content (AvgIpc) is 2.69. The van der Waals surface area contributed by atoms with Crippen molar-refractivity contribution >= 4 is 28.8 Å². The summed E-state index contributed by atoms with van der Waals surface area (Å²) in [5.74, 6) is 0. The van der Waals surface area contributed by atoms with Crippen molar-refractivity contribution in [2.75, 3.05) is 5.32 Å². The summed E-state index contributed by atoms with van der Waals surface area (Å²) in [5, 5.41) is 2.96. The minimum Gasteiger partial charge on any atom is -0.443 e. The molecular formula is C23H24N4O5. The topological polar surface area (TPSA) is 126 Å². The van der Waals surface area contributed by atoms with Crippen LogP contribution in [-0.4, -0.2) is 32.9 Å². The fourth-order valence-electron chi connectivity index (χ4n) is 4.47. The lowest BCUT2D eigenvalue weighted by atomic mass is 9.69. The minimum atomic E-state index is -0.867. The molecule has 1 saturated carbocycles. The van der Waals surface area contributed by atoms with Crippen LogP contribution in [0.4, 0.5) is 15.3 Å². The summed E-state index contributed by atoms with van der Waals surface area (Å²) in [6.45, 7) is 3.83. The van der Waals surface area contributed by atoms with E-state index < -0.39 is 23.4 Å². The molecule has 1 fully saturated rings. The monoisotopic (exact) mass is 436 g/mol. The highest BCUT2D eigenvalue weighted by molar-refractivity contribution is 5.98. The quantitative estimate of drug-likeness (QED) is 0.631. The second kappa shape index (κ2) is 7.99. The van der Waals surface area contributed by atoms with Gasteiger partial charge in [0, 0.05) is 12.8 Å². The second-order valence-corrected chi connectivity index (χ2v) is 8.55. The van der Waals surface area contributed by atoms with Gasteiger partial charge in [0.15, 0.2) is 0 Å². The molecule has 0 unspecified atom stereocenters. The van der Waals surface area contributed by atoms with E-state index in [1.165, 1.54) is 10.9 Å². The number of amides is 2. The number of carbonyl (C=O) groups excluding carboxylic acids is 2. The van der Waals surface area contributed by atoms with Crippen LogP contribution in [0.5, 0.6) is 0 Å². The number of nitrogens with zero attached hydrogens (tertiary/aromatic N) is 2. The van der Waals surface area contributed by atoms with Crippen LogP contribution in [-0.2, 0) is 16.0 Å². The zero-order chi connectivity index (χ0) is 22.9. The van der Waals surface area contributed by atoms with Crippen molar-refractivity contribution in [1.29, 1.82) is 0 Å². The molecule has 0 saturated heterocycles. The predicted molar refractivity (Wildman–Crippen MR) is 118 cm³/mol. The van der Waals surface area contributed by atoms with Gasteiger partial charge in [-0.3, -0.25) is 14.7 Å². The Kier molecular flexibility index (Phi) is 5.33. The van der Waals surface area contributed by atoms with Crippen LogP contribution in [0.25, 0.3) is 10.9 Å². The van der Waals surface area contributed by atoms with Gasteiger partial charge in [0.2, 0.25) is 0 Å². The molecule has 0 spiro atoms. The highest BCUT2D eigenvalue weighted by atomic mass is 16.6. The number of benzene rings is 2. The number of ether oxygens (including phenoxy) is 2. The van der Waals surface area contributed by atoms with Crippen LogP contribution in [0, 0.1) is 0 Å². The lowest BCUT2D eigenvalue weighted by Crippen LogP contribution is -2.58. The molecular weight excluding hydrogens is 412 g/mol. The molecule has 9 heteroatoms. The molecule has 9 nitrogen and oxygen atoms in total. The molecule has 3 N–H and O–H groups in total. The zero-order valence-corrected chi connectivity index (χ0v) is 17.8. The Bertz CT molecular complexity index is 1230. The van der Waals surface area contributed by atoms with E-state index in [4.69, 9.17) is 15.2 Å². The molecule has 166 valence electrons. The summed E-state index contributed by atoms with van der Waals surface area (Å²) in [6, 6.07) is 14.6. The molecule has 1 aromatic heterocycles. The Morgan fingerprint density at radius 1 is 1.06 bits per heavy atom. The number of hydrogen-bond acceptors (Lipinski definition) is 6. The third kappa shape index (κ3) is 4.41. The average molecular weight is 436 g/mol. The normalized spacial score (nSPS) is 22.1. The van der Waals surface area contributed by atoms with Gasteiger partial charge in [0.1, 0.15) is 11.2 Å². The van der Waals surface area contributed by atoms with E-state index in [0.717, 1.165) is 5.56 Å². The Balaban J connectivity index is 1.53. The maximum atomic E-state index is 13.1. The summed E-state index contributed by atoms with van der Waals surface area (Å²) in [5.41, 5.74) is 4.97. The fraction of sp³-hybridized carbons (Fsp3) is 0.304.